The summed E-state index contributed by atoms with van der Waals surface area (Å²) >= 11 is 0. The molecule has 2 heterocycles. The smallest absolute Gasteiger partial charge is 0.323 e. The summed E-state index contributed by atoms with van der Waals surface area (Å²) in [7, 11) is -3.67. The number of rotatable bonds is 5. The van der Waals surface area contributed by atoms with Crippen LogP contribution in [0.2, 0.25) is 0 Å². The van der Waals surface area contributed by atoms with Crippen LogP contribution in [0.3, 0.4) is 0 Å². The molecule has 0 atom stereocenters. The standard InChI is InChI=1S/C15H21N5O4S/c16-5-1-2-14(21)19-6-8-20(9-7-19)25(23,24)11-3-4-12-13(10-11)18-15(22)17-12/h3-4,10H,1-2,5-9,16H2,(H2,17,18,22). The van der Waals surface area contributed by atoms with Crippen molar-refractivity contribution in [3.05, 3.63) is 28.7 Å². The van der Waals surface area contributed by atoms with Crippen molar-refractivity contribution in [1.82, 2.24) is 19.2 Å². The third-order valence-corrected chi connectivity index (χ3v) is 6.21. The van der Waals surface area contributed by atoms with Crippen molar-refractivity contribution in [2.45, 2.75) is 17.7 Å². The molecular weight excluding hydrogens is 346 g/mol. The van der Waals surface area contributed by atoms with E-state index in [9.17, 15) is 18.0 Å². The Morgan fingerprint density at radius 3 is 2.48 bits per heavy atom. The molecule has 4 N–H and O–H groups in total. The lowest BCUT2D eigenvalue weighted by Gasteiger charge is -2.34. The molecule has 2 aromatic rings. The Labute approximate surface area is 144 Å². The van der Waals surface area contributed by atoms with E-state index in [2.05, 4.69) is 9.97 Å². The second kappa shape index (κ2) is 6.98. The van der Waals surface area contributed by atoms with Gasteiger partial charge in [0.05, 0.1) is 15.9 Å². The first-order valence-electron chi connectivity index (χ1n) is 8.12. The fourth-order valence-corrected chi connectivity index (χ4v) is 4.36. The Hall–Kier alpha value is -2.17. The van der Waals surface area contributed by atoms with E-state index in [1.807, 2.05) is 0 Å². The third-order valence-electron chi connectivity index (χ3n) is 4.31. The van der Waals surface area contributed by atoms with E-state index in [4.69, 9.17) is 5.73 Å². The van der Waals surface area contributed by atoms with Gasteiger partial charge in [0.25, 0.3) is 0 Å². The van der Waals surface area contributed by atoms with Crippen LogP contribution in [0.15, 0.2) is 27.9 Å². The summed E-state index contributed by atoms with van der Waals surface area (Å²) in [5.41, 5.74) is 6.03. The number of fused-ring (bicyclic) bond motifs is 1. The van der Waals surface area contributed by atoms with Crippen LogP contribution in [0.4, 0.5) is 0 Å². The van der Waals surface area contributed by atoms with Gasteiger partial charge in [-0.3, -0.25) is 4.79 Å². The second-order valence-corrected chi connectivity index (χ2v) is 7.90. The van der Waals surface area contributed by atoms with Crippen molar-refractivity contribution in [2.75, 3.05) is 32.7 Å². The molecule has 1 aliphatic rings. The Kier molecular flexibility index (Phi) is 4.93. The minimum Gasteiger partial charge on any atom is -0.340 e. The molecule has 1 aromatic carbocycles. The van der Waals surface area contributed by atoms with Gasteiger partial charge in [-0.25, -0.2) is 13.2 Å². The van der Waals surface area contributed by atoms with E-state index in [0.717, 1.165) is 0 Å². The molecule has 1 amide bonds. The molecule has 0 unspecified atom stereocenters. The molecule has 0 aliphatic carbocycles. The molecule has 1 saturated heterocycles. The Morgan fingerprint density at radius 2 is 1.80 bits per heavy atom. The van der Waals surface area contributed by atoms with Gasteiger partial charge in [-0.1, -0.05) is 0 Å². The topological polar surface area (TPSA) is 132 Å². The number of carbonyl (C=O) groups excluding carboxylic acids is 1. The third kappa shape index (κ3) is 3.60. The monoisotopic (exact) mass is 367 g/mol. The molecule has 25 heavy (non-hydrogen) atoms. The van der Waals surface area contributed by atoms with Crippen LogP contribution >= 0.6 is 0 Å². The maximum absolute atomic E-state index is 12.8. The largest absolute Gasteiger partial charge is 0.340 e. The highest BCUT2D eigenvalue weighted by molar-refractivity contribution is 7.89. The minimum atomic E-state index is -3.67. The van der Waals surface area contributed by atoms with Crippen LogP contribution in [-0.4, -0.2) is 66.2 Å². The van der Waals surface area contributed by atoms with Crippen LogP contribution in [0.1, 0.15) is 12.8 Å². The summed E-state index contributed by atoms with van der Waals surface area (Å²) in [4.78, 5) is 30.2. The zero-order valence-electron chi connectivity index (χ0n) is 13.7. The van der Waals surface area contributed by atoms with Gasteiger partial charge >= 0.3 is 5.69 Å². The van der Waals surface area contributed by atoms with Gasteiger partial charge in [0, 0.05) is 32.6 Å². The average Bonchev–Trinajstić information content (AvgIpc) is 2.98. The van der Waals surface area contributed by atoms with Crippen LogP contribution in [0.5, 0.6) is 0 Å². The summed E-state index contributed by atoms with van der Waals surface area (Å²) in [5.74, 6) is 0.00816. The number of amides is 1. The van der Waals surface area contributed by atoms with Gasteiger partial charge in [0.1, 0.15) is 0 Å². The number of nitrogens with zero attached hydrogens (tertiary/aromatic N) is 2. The zero-order valence-corrected chi connectivity index (χ0v) is 14.5. The molecular formula is C15H21N5O4S. The summed E-state index contributed by atoms with van der Waals surface area (Å²) in [5, 5.41) is 0. The van der Waals surface area contributed by atoms with Crippen molar-refractivity contribution in [3.63, 3.8) is 0 Å². The van der Waals surface area contributed by atoms with Crippen LogP contribution in [0.25, 0.3) is 11.0 Å². The van der Waals surface area contributed by atoms with E-state index in [1.165, 1.54) is 16.4 Å². The first-order valence-corrected chi connectivity index (χ1v) is 9.56. The van der Waals surface area contributed by atoms with Crippen molar-refractivity contribution in [3.8, 4) is 0 Å². The quantitative estimate of drug-likeness (QED) is 0.651. The Balaban J connectivity index is 1.72. The molecule has 0 bridgehead atoms. The number of carbonyl (C=O) groups is 1. The number of aromatic nitrogens is 2. The molecule has 0 radical (unpaired) electrons. The highest BCUT2D eigenvalue weighted by Gasteiger charge is 2.30. The zero-order chi connectivity index (χ0) is 18.0. The number of piperazine rings is 1. The lowest BCUT2D eigenvalue weighted by atomic mass is 10.2. The van der Waals surface area contributed by atoms with Crippen LogP contribution in [0, 0.1) is 0 Å². The molecule has 9 nitrogen and oxygen atoms in total. The van der Waals surface area contributed by atoms with Crippen molar-refractivity contribution in [1.29, 1.82) is 0 Å². The number of hydrogen-bond acceptors (Lipinski definition) is 5. The van der Waals surface area contributed by atoms with Gasteiger partial charge in [0.2, 0.25) is 15.9 Å². The number of nitrogens with one attached hydrogen (secondary N) is 2. The number of imidazole rings is 1. The van der Waals surface area contributed by atoms with Crippen LogP contribution in [-0.2, 0) is 14.8 Å². The predicted molar refractivity (Wildman–Crippen MR) is 92.5 cm³/mol. The van der Waals surface area contributed by atoms with Gasteiger partial charge in [-0.05, 0) is 31.2 Å². The van der Waals surface area contributed by atoms with Gasteiger partial charge in [-0.15, -0.1) is 0 Å². The number of nitrogens with two attached hydrogens (primary N) is 1. The molecule has 10 heteroatoms. The fourth-order valence-electron chi connectivity index (χ4n) is 2.91. The number of sulfonamides is 1. The number of benzene rings is 1. The van der Waals surface area contributed by atoms with Crippen LogP contribution < -0.4 is 11.4 Å². The average molecular weight is 367 g/mol. The Bertz CT molecular complexity index is 925. The van der Waals surface area contributed by atoms with Crippen molar-refractivity contribution in [2.24, 2.45) is 5.73 Å². The number of hydrogen-bond donors (Lipinski definition) is 3. The van der Waals surface area contributed by atoms with E-state index < -0.39 is 10.0 Å². The summed E-state index contributed by atoms with van der Waals surface area (Å²) in [6.07, 6.45) is 1.02. The van der Waals surface area contributed by atoms with E-state index in [-0.39, 0.29) is 29.6 Å². The first-order chi connectivity index (χ1) is 11.9. The highest BCUT2D eigenvalue weighted by atomic mass is 32.2. The number of aromatic amines is 2. The molecule has 0 spiro atoms. The highest BCUT2D eigenvalue weighted by Crippen LogP contribution is 2.20. The van der Waals surface area contributed by atoms with Gasteiger partial charge in [0.15, 0.2) is 0 Å². The fraction of sp³-hybridized carbons (Fsp3) is 0.467. The second-order valence-electron chi connectivity index (χ2n) is 5.96. The van der Waals surface area contributed by atoms with Crippen molar-refractivity contribution < 1.29 is 13.2 Å². The molecule has 0 saturated carbocycles. The van der Waals surface area contributed by atoms with Crippen molar-refractivity contribution >= 4 is 27.0 Å². The SMILES string of the molecule is NCCCC(=O)N1CCN(S(=O)(=O)c2ccc3[nH]c(=O)[nH]c3c2)CC1. The van der Waals surface area contributed by atoms with E-state index >= 15 is 0 Å². The Morgan fingerprint density at radius 1 is 1.12 bits per heavy atom. The van der Waals surface area contributed by atoms with E-state index in [1.54, 1.807) is 11.0 Å². The summed E-state index contributed by atoms with van der Waals surface area (Å²) < 4.78 is 26.9. The maximum Gasteiger partial charge on any atom is 0.323 e. The number of H-pyrrole nitrogens is 2. The molecule has 136 valence electrons. The summed E-state index contributed by atoms with van der Waals surface area (Å²) in [6, 6.07) is 4.48. The van der Waals surface area contributed by atoms with Gasteiger partial charge in [-0.2, -0.15) is 4.31 Å². The molecule has 3 rings (SSSR count). The summed E-state index contributed by atoms with van der Waals surface area (Å²) in [6.45, 7) is 1.69. The predicted octanol–water partition coefficient (Wildman–Crippen LogP) is -0.572. The maximum atomic E-state index is 12.8. The molecule has 1 aliphatic heterocycles. The molecule has 1 aromatic heterocycles. The normalized spacial score (nSPS) is 16.4. The van der Waals surface area contributed by atoms with E-state index in [0.29, 0.717) is 43.5 Å². The lowest BCUT2D eigenvalue weighted by molar-refractivity contribution is -0.132. The first kappa shape index (κ1) is 17.6. The minimum absolute atomic E-state index is 0.00816. The molecule has 1 fully saturated rings. The lowest BCUT2D eigenvalue weighted by Crippen LogP contribution is -2.50. The van der Waals surface area contributed by atoms with Gasteiger partial charge < -0.3 is 20.6 Å².